The van der Waals surface area contributed by atoms with E-state index in [0.29, 0.717) is 6.42 Å². The van der Waals surface area contributed by atoms with E-state index in [1.54, 1.807) is 6.08 Å². The molecule has 1 amide bonds. The van der Waals surface area contributed by atoms with Gasteiger partial charge in [0.05, 0.1) is 25.4 Å². The number of nitrogens with one attached hydrogen (secondary N) is 1. The SMILES string of the molecule is CCCCCCCCC/C=C\CCCCCCCC(=O)NC(COC1OC(CO)C(O)C(O)C1O)C(O)/C=C/CCCCCCCCCCCCCCCCC. The zero-order valence-electron chi connectivity index (χ0n) is 36.1. The maximum absolute atomic E-state index is 12.9. The molecule has 0 aromatic rings. The van der Waals surface area contributed by atoms with Gasteiger partial charge < -0.3 is 40.3 Å². The lowest BCUT2D eigenvalue weighted by atomic mass is 9.99. The first-order valence-corrected chi connectivity index (χ1v) is 23.6. The molecule has 1 heterocycles. The van der Waals surface area contributed by atoms with Crippen LogP contribution in [0.3, 0.4) is 0 Å². The molecule has 1 saturated heterocycles. The molecule has 9 heteroatoms. The Labute approximate surface area is 343 Å². The minimum atomic E-state index is -1.57. The molecule has 7 atom stereocenters. The third-order valence-electron chi connectivity index (χ3n) is 11.3. The van der Waals surface area contributed by atoms with Crippen LogP contribution in [0.5, 0.6) is 0 Å². The van der Waals surface area contributed by atoms with Gasteiger partial charge in [-0.25, -0.2) is 0 Å². The van der Waals surface area contributed by atoms with Crippen LogP contribution in [0.25, 0.3) is 0 Å². The van der Waals surface area contributed by atoms with Crippen molar-refractivity contribution in [1.82, 2.24) is 5.32 Å². The van der Waals surface area contributed by atoms with Gasteiger partial charge in [-0.15, -0.1) is 0 Å². The predicted molar refractivity (Wildman–Crippen MR) is 230 cm³/mol. The molecule has 0 aromatic carbocycles. The van der Waals surface area contributed by atoms with Crippen molar-refractivity contribution in [2.45, 2.75) is 256 Å². The lowest BCUT2D eigenvalue weighted by Gasteiger charge is -2.40. The number of rotatable bonds is 39. The van der Waals surface area contributed by atoms with Crippen molar-refractivity contribution in [1.29, 1.82) is 0 Å². The van der Waals surface area contributed by atoms with Gasteiger partial charge in [-0.2, -0.15) is 0 Å². The summed E-state index contributed by atoms with van der Waals surface area (Å²) in [6.07, 6.45) is 37.9. The molecule has 56 heavy (non-hydrogen) atoms. The lowest BCUT2D eigenvalue weighted by Crippen LogP contribution is -2.60. The van der Waals surface area contributed by atoms with Crippen molar-refractivity contribution in [3.05, 3.63) is 24.3 Å². The zero-order chi connectivity index (χ0) is 40.9. The monoisotopic (exact) mass is 796 g/mol. The highest BCUT2D eigenvalue weighted by molar-refractivity contribution is 5.76. The Morgan fingerprint density at radius 3 is 1.45 bits per heavy atom. The fraction of sp³-hybridized carbons (Fsp3) is 0.894. The second kappa shape index (κ2) is 37.9. The zero-order valence-corrected chi connectivity index (χ0v) is 36.1. The Kier molecular flexibility index (Phi) is 35.7. The molecule has 1 aliphatic heterocycles. The van der Waals surface area contributed by atoms with Gasteiger partial charge in [0, 0.05) is 6.42 Å². The maximum atomic E-state index is 12.9. The summed E-state index contributed by atoms with van der Waals surface area (Å²) < 4.78 is 11.2. The van der Waals surface area contributed by atoms with E-state index in [2.05, 4.69) is 31.3 Å². The molecule has 0 spiro atoms. The molecule has 1 rings (SSSR count). The molecule has 0 bridgehead atoms. The van der Waals surface area contributed by atoms with E-state index in [1.807, 2.05) is 6.08 Å². The van der Waals surface area contributed by atoms with Gasteiger partial charge in [0.1, 0.15) is 24.4 Å². The first kappa shape index (κ1) is 52.7. The number of carbonyl (C=O) groups is 1. The third-order valence-corrected chi connectivity index (χ3v) is 11.3. The standard InChI is InChI=1S/C47H89NO8/c1-3-5-7-9-11-13-15-17-19-21-22-24-26-28-30-32-34-36-41(50)40(39-55-47-46(54)45(53)44(52)42(38-49)56-47)48-43(51)37-35-33-31-29-27-25-23-20-18-16-14-12-10-8-6-4-2/h20,23,34,36,40-42,44-47,49-50,52-54H,3-19,21-22,24-33,35,37-39H2,1-2H3,(H,48,51)/b23-20-,36-34+. The molecule has 0 aromatic heterocycles. The quantitative estimate of drug-likeness (QED) is 0.0266. The van der Waals surface area contributed by atoms with Crippen LogP contribution < -0.4 is 5.32 Å². The number of aliphatic hydroxyl groups is 5. The summed E-state index contributed by atoms with van der Waals surface area (Å²) in [6, 6.07) is -0.806. The smallest absolute Gasteiger partial charge is 0.220 e. The Balaban J connectivity index is 2.36. The van der Waals surface area contributed by atoms with Gasteiger partial charge in [-0.1, -0.05) is 186 Å². The highest BCUT2D eigenvalue weighted by Crippen LogP contribution is 2.23. The Morgan fingerprint density at radius 2 is 1.00 bits per heavy atom. The van der Waals surface area contributed by atoms with E-state index in [1.165, 1.54) is 135 Å². The van der Waals surface area contributed by atoms with E-state index in [4.69, 9.17) is 9.47 Å². The summed E-state index contributed by atoms with van der Waals surface area (Å²) in [5, 5.41) is 54.2. The van der Waals surface area contributed by atoms with Crippen molar-refractivity contribution in [2.75, 3.05) is 13.2 Å². The Hall–Kier alpha value is -1.33. The van der Waals surface area contributed by atoms with Crippen molar-refractivity contribution < 1.29 is 39.8 Å². The van der Waals surface area contributed by atoms with Crippen molar-refractivity contribution in [3.63, 3.8) is 0 Å². The number of amides is 1. The summed E-state index contributed by atoms with van der Waals surface area (Å²) in [6.45, 7) is 3.77. The molecule has 330 valence electrons. The van der Waals surface area contributed by atoms with Crippen LogP contribution in [0.4, 0.5) is 0 Å². The number of unbranched alkanes of at least 4 members (excludes halogenated alkanes) is 27. The summed E-state index contributed by atoms with van der Waals surface area (Å²) in [4.78, 5) is 12.9. The van der Waals surface area contributed by atoms with E-state index in [9.17, 15) is 30.3 Å². The van der Waals surface area contributed by atoms with Crippen molar-refractivity contribution in [2.24, 2.45) is 0 Å². The molecule has 0 radical (unpaired) electrons. The van der Waals surface area contributed by atoms with Crippen LogP contribution in [0.1, 0.15) is 213 Å². The van der Waals surface area contributed by atoms with Crippen LogP contribution in [0, 0.1) is 0 Å². The van der Waals surface area contributed by atoms with Crippen molar-refractivity contribution >= 4 is 5.91 Å². The van der Waals surface area contributed by atoms with Crippen molar-refractivity contribution in [3.8, 4) is 0 Å². The number of allylic oxidation sites excluding steroid dienone is 3. The average molecular weight is 796 g/mol. The van der Waals surface area contributed by atoms with Gasteiger partial charge in [-0.3, -0.25) is 4.79 Å². The minimum absolute atomic E-state index is 0.185. The Bertz CT molecular complexity index is 930. The van der Waals surface area contributed by atoms with Gasteiger partial charge in [0.15, 0.2) is 6.29 Å². The maximum Gasteiger partial charge on any atom is 0.220 e. The topological polar surface area (TPSA) is 149 Å². The predicted octanol–water partition coefficient (Wildman–Crippen LogP) is 9.89. The molecule has 0 saturated carbocycles. The van der Waals surface area contributed by atoms with Crippen LogP contribution >= 0.6 is 0 Å². The molecule has 1 fully saturated rings. The number of carbonyl (C=O) groups excluding carboxylic acids is 1. The van der Waals surface area contributed by atoms with Gasteiger partial charge >= 0.3 is 0 Å². The number of hydrogen-bond donors (Lipinski definition) is 6. The van der Waals surface area contributed by atoms with Crippen LogP contribution in [0.15, 0.2) is 24.3 Å². The average Bonchev–Trinajstić information content (AvgIpc) is 3.20. The largest absolute Gasteiger partial charge is 0.394 e. The van der Waals surface area contributed by atoms with Crippen LogP contribution in [-0.2, 0) is 14.3 Å². The first-order valence-electron chi connectivity index (χ1n) is 23.6. The molecule has 7 unspecified atom stereocenters. The summed E-state index contributed by atoms with van der Waals surface area (Å²) >= 11 is 0. The summed E-state index contributed by atoms with van der Waals surface area (Å²) in [7, 11) is 0. The molecule has 9 nitrogen and oxygen atoms in total. The Morgan fingerprint density at radius 1 is 0.589 bits per heavy atom. The molecule has 0 aliphatic carbocycles. The second-order valence-corrected chi connectivity index (χ2v) is 16.5. The number of aliphatic hydroxyl groups excluding tert-OH is 5. The van der Waals surface area contributed by atoms with Gasteiger partial charge in [-0.05, 0) is 44.9 Å². The normalized spacial score (nSPS) is 21.3. The first-order chi connectivity index (χ1) is 27.3. The van der Waals surface area contributed by atoms with Gasteiger partial charge in [0.2, 0.25) is 5.91 Å². The number of ether oxygens (including phenoxy) is 2. The highest BCUT2D eigenvalue weighted by atomic mass is 16.7. The lowest BCUT2D eigenvalue weighted by molar-refractivity contribution is -0.302. The summed E-state index contributed by atoms with van der Waals surface area (Å²) in [5.74, 6) is -0.185. The number of hydrogen-bond acceptors (Lipinski definition) is 8. The fourth-order valence-electron chi connectivity index (χ4n) is 7.44. The highest BCUT2D eigenvalue weighted by Gasteiger charge is 2.44. The second-order valence-electron chi connectivity index (χ2n) is 16.5. The van der Waals surface area contributed by atoms with Crippen LogP contribution in [0.2, 0.25) is 0 Å². The fourth-order valence-corrected chi connectivity index (χ4v) is 7.44. The molecule has 6 N–H and O–H groups in total. The third kappa shape index (κ3) is 28.2. The van der Waals surface area contributed by atoms with E-state index >= 15 is 0 Å². The molecule has 1 aliphatic rings. The summed E-state index contributed by atoms with van der Waals surface area (Å²) in [5.41, 5.74) is 0. The van der Waals surface area contributed by atoms with Crippen LogP contribution in [-0.4, -0.2) is 87.5 Å². The van der Waals surface area contributed by atoms with E-state index < -0.39 is 49.5 Å². The van der Waals surface area contributed by atoms with E-state index in [0.717, 1.165) is 57.8 Å². The minimum Gasteiger partial charge on any atom is -0.394 e. The van der Waals surface area contributed by atoms with Gasteiger partial charge in [0.25, 0.3) is 0 Å². The van der Waals surface area contributed by atoms with E-state index in [-0.39, 0.29) is 12.5 Å². The molecular formula is C47H89NO8. The molecular weight excluding hydrogens is 707 g/mol.